The molecule has 0 bridgehead atoms. The Labute approximate surface area is 110 Å². The van der Waals surface area contributed by atoms with E-state index in [0.29, 0.717) is 6.42 Å². The second-order valence-electron chi connectivity index (χ2n) is 4.15. The molecule has 0 aliphatic carbocycles. The zero-order valence-corrected chi connectivity index (χ0v) is 10.7. The van der Waals surface area contributed by atoms with Crippen molar-refractivity contribution in [3.8, 4) is 0 Å². The summed E-state index contributed by atoms with van der Waals surface area (Å²) in [6.45, 7) is 1.84. The van der Waals surface area contributed by atoms with Crippen LogP contribution in [0.3, 0.4) is 0 Å². The highest BCUT2D eigenvalue weighted by atomic mass is 35.5. The summed E-state index contributed by atoms with van der Waals surface area (Å²) in [5.41, 5.74) is 2.35. The number of hydrogen-bond donors (Lipinski definition) is 1. The van der Waals surface area contributed by atoms with Crippen LogP contribution in [-0.2, 0) is 6.42 Å². The fourth-order valence-electron chi connectivity index (χ4n) is 1.85. The van der Waals surface area contributed by atoms with Gasteiger partial charge in [0, 0.05) is 23.9 Å². The molecule has 0 saturated heterocycles. The van der Waals surface area contributed by atoms with Gasteiger partial charge in [0.1, 0.15) is 5.82 Å². The minimum Gasteiger partial charge on any atom is -0.388 e. The molecule has 0 aliphatic heterocycles. The van der Waals surface area contributed by atoms with Crippen molar-refractivity contribution in [2.45, 2.75) is 19.4 Å². The smallest absolute Gasteiger partial charge is 0.141 e. The van der Waals surface area contributed by atoms with E-state index in [2.05, 4.69) is 4.98 Å². The normalized spacial score (nSPS) is 12.4. The molecule has 1 heterocycles. The number of pyridine rings is 1. The van der Waals surface area contributed by atoms with Gasteiger partial charge in [-0.2, -0.15) is 0 Å². The van der Waals surface area contributed by atoms with Crippen LogP contribution in [0.5, 0.6) is 0 Å². The van der Waals surface area contributed by atoms with Gasteiger partial charge >= 0.3 is 0 Å². The maximum Gasteiger partial charge on any atom is 0.141 e. The molecule has 1 unspecified atom stereocenters. The maximum atomic E-state index is 13.0. The lowest BCUT2D eigenvalue weighted by Gasteiger charge is -2.13. The molecule has 94 valence electrons. The first-order chi connectivity index (χ1) is 8.58. The Morgan fingerprint density at radius 2 is 2.17 bits per heavy atom. The van der Waals surface area contributed by atoms with Crippen LogP contribution in [0, 0.1) is 12.7 Å². The molecule has 18 heavy (non-hydrogen) atoms. The monoisotopic (exact) mass is 265 g/mol. The van der Waals surface area contributed by atoms with Crippen molar-refractivity contribution in [3.63, 3.8) is 0 Å². The summed E-state index contributed by atoms with van der Waals surface area (Å²) in [5.74, 6) is -0.451. The van der Waals surface area contributed by atoms with Gasteiger partial charge in [0.25, 0.3) is 0 Å². The van der Waals surface area contributed by atoms with Crippen LogP contribution < -0.4 is 0 Å². The third kappa shape index (κ3) is 2.86. The summed E-state index contributed by atoms with van der Waals surface area (Å²) >= 11 is 5.71. The standard InChI is InChI=1S/C14H13ClFNO/c1-9-11(3-2-6-17-9)14(18)8-10-4-5-13(16)12(15)7-10/h2-7,14,18H,8H2,1H3. The van der Waals surface area contributed by atoms with E-state index in [0.717, 1.165) is 16.8 Å². The molecule has 0 spiro atoms. The number of aliphatic hydroxyl groups excluding tert-OH is 1. The zero-order chi connectivity index (χ0) is 13.1. The lowest BCUT2D eigenvalue weighted by molar-refractivity contribution is 0.177. The summed E-state index contributed by atoms with van der Waals surface area (Å²) < 4.78 is 13.0. The van der Waals surface area contributed by atoms with E-state index >= 15 is 0 Å². The molecule has 1 N–H and O–H groups in total. The Morgan fingerprint density at radius 3 is 2.83 bits per heavy atom. The van der Waals surface area contributed by atoms with Crippen LogP contribution in [0.1, 0.15) is 22.9 Å². The average molecular weight is 266 g/mol. The van der Waals surface area contributed by atoms with Gasteiger partial charge in [0.05, 0.1) is 11.1 Å². The molecule has 0 saturated carbocycles. The van der Waals surface area contributed by atoms with Gasteiger partial charge < -0.3 is 5.11 Å². The summed E-state index contributed by atoms with van der Waals surface area (Å²) in [5, 5.41) is 10.2. The molecule has 4 heteroatoms. The first-order valence-electron chi connectivity index (χ1n) is 5.61. The molecule has 1 aromatic carbocycles. The van der Waals surface area contributed by atoms with Crippen molar-refractivity contribution in [2.75, 3.05) is 0 Å². The van der Waals surface area contributed by atoms with Crippen LogP contribution in [-0.4, -0.2) is 10.1 Å². The quantitative estimate of drug-likeness (QED) is 0.922. The molecular weight excluding hydrogens is 253 g/mol. The van der Waals surface area contributed by atoms with E-state index in [1.807, 2.05) is 13.0 Å². The molecule has 1 atom stereocenters. The van der Waals surface area contributed by atoms with Crippen LogP contribution in [0.15, 0.2) is 36.5 Å². The van der Waals surface area contributed by atoms with E-state index < -0.39 is 11.9 Å². The predicted molar refractivity (Wildman–Crippen MR) is 69.0 cm³/mol. The number of benzene rings is 1. The average Bonchev–Trinajstić information content (AvgIpc) is 2.34. The van der Waals surface area contributed by atoms with Crippen molar-refractivity contribution in [1.29, 1.82) is 0 Å². The Balaban J connectivity index is 2.19. The lowest BCUT2D eigenvalue weighted by atomic mass is 10.0. The molecule has 1 aromatic heterocycles. The summed E-state index contributed by atoms with van der Waals surface area (Å²) in [7, 11) is 0. The Hall–Kier alpha value is -1.45. The number of aryl methyl sites for hydroxylation is 1. The third-order valence-electron chi connectivity index (χ3n) is 2.82. The fourth-order valence-corrected chi connectivity index (χ4v) is 2.05. The molecule has 0 radical (unpaired) electrons. The largest absolute Gasteiger partial charge is 0.388 e. The SMILES string of the molecule is Cc1ncccc1C(O)Cc1ccc(F)c(Cl)c1. The van der Waals surface area contributed by atoms with Gasteiger partial charge in [-0.25, -0.2) is 4.39 Å². The van der Waals surface area contributed by atoms with Crippen molar-refractivity contribution in [3.05, 3.63) is 64.2 Å². The van der Waals surface area contributed by atoms with Crippen LogP contribution in [0.2, 0.25) is 5.02 Å². The number of aromatic nitrogens is 1. The van der Waals surface area contributed by atoms with E-state index in [9.17, 15) is 9.50 Å². The van der Waals surface area contributed by atoms with Gasteiger partial charge in [-0.15, -0.1) is 0 Å². The predicted octanol–water partition coefficient (Wildman–Crippen LogP) is 3.46. The minimum absolute atomic E-state index is 0.0719. The number of hydrogen-bond acceptors (Lipinski definition) is 2. The number of nitrogens with zero attached hydrogens (tertiary/aromatic N) is 1. The van der Waals surface area contributed by atoms with Gasteiger partial charge in [0.2, 0.25) is 0 Å². The summed E-state index contributed by atoms with van der Waals surface area (Å²) in [4.78, 5) is 4.13. The van der Waals surface area contributed by atoms with E-state index in [1.165, 1.54) is 12.1 Å². The van der Waals surface area contributed by atoms with E-state index in [-0.39, 0.29) is 5.02 Å². The van der Waals surface area contributed by atoms with Crippen molar-refractivity contribution < 1.29 is 9.50 Å². The molecule has 2 rings (SSSR count). The van der Waals surface area contributed by atoms with Gasteiger partial charge in [-0.3, -0.25) is 4.98 Å². The fraction of sp³-hybridized carbons (Fsp3) is 0.214. The molecule has 0 amide bonds. The molecule has 2 nitrogen and oxygen atoms in total. The summed E-state index contributed by atoms with van der Waals surface area (Å²) in [6.07, 6.45) is 1.40. The molecular formula is C14H13ClFNO. The Kier molecular flexibility index (Phi) is 3.94. The lowest BCUT2D eigenvalue weighted by Crippen LogP contribution is -2.05. The Morgan fingerprint density at radius 1 is 1.39 bits per heavy atom. The van der Waals surface area contributed by atoms with Crippen molar-refractivity contribution in [2.24, 2.45) is 0 Å². The van der Waals surface area contributed by atoms with Gasteiger partial charge in [0.15, 0.2) is 0 Å². The highest BCUT2D eigenvalue weighted by molar-refractivity contribution is 6.30. The second-order valence-corrected chi connectivity index (χ2v) is 4.55. The summed E-state index contributed by atoms with van der Waals surface area (Å²) in [6, 6.07) is 8.07. The molecule has 0 fully saturated rings. The highest BCUT2D eigenvalue weighted by Crippen LogP contribution is 2.23. The first-order valence-corrected chi connectivity index (χ1v) is 5.99. The van der Waals surface area contributed by atoms with Crippen LogP contribution in [0.4, 0.5) is 4.39 Å². The molecule has 0 aliphatic rings. The minimum atomic E-state index is -0.666. The van der Waals surface area contributed by atoms with E-state index in [4.69, 9.17) is 11.6 Å². The molecule has 2 aromatic rings. The van der Waals surface area contributed by atoms with Gasteiger partial charge in [-0.05, 0) is 30.7 Å². The zero-order valence-electron chi connectivity index (χ0n) is 9.90. The Bertz CT molecular complexity index is 559. The van der Waals surface area contributed by atoms with Crippen molar-refractivity contribution in [1.82, 2.24) is 4.98 Å². The van der Waals surface area contributed by atoms with Gasteiger partial charge in [-0.1, -0.05) is 23.7 Å². The number of aliphatic hydroxyl groups is 1. The van der Waals surface area contributed by atoms with Crippen LogP contribution >= 0.6 is 11.6 Å². The van der Waals surface area contributed by atoms with Crippen molar-refractivity contribution >= 4 is 11.6 Å². The number of rotatable bonds is 3. The number of halogens is 2. The maximum absolute atomic E-state index is 13.0. The highest BCUT2D eigenvalue weighted by Gasteiger charge is 2.12. The third-order valence-corrected chi connectivity index (χ3v) is 3.11. The van der Waals surface area contributed by atoms with E-state index in [1.54, 1.807) is 18.3 Å². The van der Waals surface area contributed by atoms with Crippen LogP contribution in [0.25, 0.3) is 0 Å². The topological polar surface area (TPSA) is 33.1 Å². The second kappa shape index (κ2) is 5.46. The first kappa shape index (κ1) is 13.0.